The smallest absolute Gasteiger partial charge is 0.00367 e. The van der Waals surface area contributed by atoms with E-state index < -0.39 is 0 Å². The fourth-order valence-electron chi connectivity index (χ4n) is 1.80. The summed E-state index contributed by atoms with van der Waals surface area (Å²) in [7, 11) is 0. The highest BCUT2D eigenvalue weighted by Crippen LogP contribution is 2.30. The number of hydrogen-bond donors (Lipinski definition) is 0. The first-order valence-corrected chi connectivity index (χ1v) is 4.71. The Balaban J connectivity index is 2.77. The Labute approximate surface area is 75.7 Å². The van der Waals surface area contributed by atoms with Gasteiger partial charge in [0.05, 0.1) is 0 Å². The van der Waals surface area contributed by atoms with Crippen LogP contribution in [0.2, 0.25) is 0 Å². The molecule has 0 amide bonds. The highest BCUT2D eigenvalue weighted by Gasteiger charge is 2.19. The van der Waals surface area contributed by atoms with Crippen molar-refractivity contribution in [2.24, 2.45) is 11.8 Å². The van der Waals surface area contributed by atoms with Crippen LogP contribution < -0.4 is 0 Å². The molecule has 1 aliphatic rings. The molecule has 1 rings (SSSR count). The lowest BCUT2D eigenvalue weighted by atomic mass is 9.80. The topological polar surface area (TPSA) is 0 Å². The molecule has 0 aromatic heterocycles. The molecular formula is C12H18. The van der Waals surface area contributed by atoms with Crippen molar-refractivity contribution in [3.05, 3.63) is 36.5 Å². The average Bonchev–Trinajstić information content (AvgIpc) is 2.16. The van der Waals surface area contributed by atoms with Gasteiger partial charge in [-0.2, -0.15) is 0 Å². The Bertz CT molecular complexity index is 208. The molecule has 12 heavy (non-hydrogen) atoms. The van der Waals surface area contributed by atoms with Gasteiger partial charge < -0.3 is 0 Å². The van der Waals surface area contributed by atoms with Gasteiger partial charge in [-0.15, -0.1) is 6.58 Å². The third kappa shape index (κ3) is 1.88. The van der Waals surface area contributed by atoms with E-state index in [1.807, 2.05) is 0 Å². The largest absolute Gasteiger partial charge is 0.103 e. The van der Waals surface area contributed by atoms with Crippen molar-refractivity contribution in [2.45, 2.75) is 26.7 Å². The summed E-state index contributed by atoms with van der Waals surface area (Å²) in [5.74, 6) is 1.27. The first-order chi connectivity index (χ1) is 5.79. The molecule has 2 atom stereocenters. The summed E-state index contributed by atoms with van der Waals surface area (Å²) in [6.45, 7) is 8.20. The standard InChI is InChI=1S/C12H18/c1-4-10(3)12-9-7-6-8-11(12)5-2/h4-5,7,9,11-12H,2,6,8H2,1,3H3/b10-4-. The second kappa shape index (κ2) is 4.30. The summed E-state index contributed by atoms with van der Waals surface area (Å²) in [6.07, 6.45) is 11.4. The fourth-order valence-corrected chi connectivity index (χ4v) is 1.80. The molecule has 2 unspecified atom stereocenters. The number of allylic oxidation sites excluding steroid dienone is 5. The van der Waals surface area contributed by atoms with E-state index in [2.05, 4.69) is 44.7 Å². The third-order valence-corrected chi connectivity index (χ3v) is 2.76. The van der Waals surface area contributed by atoms with E-state index in [1.54, 1.807) is 0 Å². The van der Waals surface area contributed by atoms with Gasteiger partial charge in [0.1, 0.15) is 0 Å². The Morgan fingerprint density at radius 2 is 2.33 bits per heavy atom. The van der Waals surface area contributed by atoms with E-state index >= 15 is 0 Å². The van der Waals surface area contributed by atoms with Crippen LogP contribution in [-0.2, 0) is 0 Å². The lowest BCUT2D eigenvalue weighted by Gasteiger charge is -2.25. The molecule has 0 bridgehead atoms. The molecule has 0 fully saturated rings. The monoisotopic (exact) mass is 162 g/mol. The highest BCUT2D eigenvalue weighted by atomic mass is 14.2. The summed E-state index contributed by atoms with van der Waals surface area (Å²) >= 11 is 0. The molecule has 0 aromatic carbocycles. The summed E-state index contributed by atoms with van der Waals surface area (Å²) in [4.78, 5) is 0. The highest BCUT2D eigenvalue weighted by molar-refractivity contribution is 5.17. The van der Waals surface area contributed by atoms with E-state index in [0.29, 0.717) is 11.8 Å². The average molecular weight is 162 g/mol. The van der Waals surface area contributed by atoms with Gasteiger partial charge in [0.2, 0.25) is 0 Å². The molecule has 0 N–H and O–H groups in total. The van der Waals surface area contributed by atoms with Gasteiger partial charge in [-0.05, 0) is 32.6 Å². The van der Waals surface area contributed by atoms with Crippen LogP contribution >= 0.6 is 0 Å². The molecular weight excluding hydrogens is 144 g/mol. The minimum absolute atomic E-state index is 0.612. The van der Waals surface area contributed by atoms with Crippen LogP contribution in [-0.4, -0.2) is 0 Å². The Morgan fingerprint density at radius 1 is 1.58 bits per heavy atom. The van der Waals surface area contributed by atoms with Crippen molar-refractivity contribution >= 4 is 0 Å². The first kappa shape index (κ1) is 9.31. The molecule has 1 aliphatic carbocycles. The third-order valence-electron chi connectivity index (χ3n) is 2.76. The van der Waals surface area contributed by atoms with E-state index in [0.717, 1.165) is 0 Å². The summed E-state index contributed by atoms with van der Waals surface area (Å²) in [5.41, 5.74) is 1.47. The molecule has 0 aliphatic heterocycles. The van der Waals surface area contributed by atoms with Crippen LogP contribution in [0.4, 0.5) is 0 Å². The van der Waals surface area contributed by atoms with Crippen LogP contribution in [0.1, 0.15) is 26.7 Å². The lowest BCUT2D eigenvalue weighted by molar-refractivity contribution is 0.478. The van der Waals surface area contributed by atoms with E-state index in [1.165, 1.54) is 18.4 Å². The Kier molecular flexibility index (Phi) is 3.33. The van der Waals surface area contributed by atoms with Gasteiger partial charge in [0.25, 0.3) is 0 Å². The summed E-state index contributed by atoms with van der Waals surface area (Å²) in [6, 6.07) is 0. The first-order valence-electron chi connectivity index (χ1n) is 4.71. The SMILES string of the molecule is C=CC1CCC=CC1/C(C)=C\C. The summed E-state index contributed by atoms with van der Waals surface area (Å²) in [5, 5.41) is 0. The molecule has 0 aromatic rings. The molecule has 0 heterocycles. The lowest BCUT2D eigenvalue weighted by Crippen LogP contribution is -2.14. The predicted octanol–water partition coefficient (Wildman–Crippen LogP) is 3.72. The molecule has 0 radical (unpaired) electrons. The van der Waals surface area contributed by atoms with Crippen molar-refractivity contribution in [3.63, 3.8) is 0 Å². The molecule has 0 heteroatoms. The van der Waals surface area contributed by atoms with Crippen molar-refractivity contribution in [2.75, 3.05) is 0 Å². The van der Waals surface area contributed by atoms with Gasteiger partial charge in [-0.25, -0.2) is 0 Å². The molecule has 0 nitrogen and oxygen atoms in total. The Hall–Kier alpha value is -0.780. The zero-order valence-electron chi connectivity index (χ0n) is 8.09. The molecule has 0 saturated carbocycles. The maximum absolute atomic E-state index is 3.89. The van der Waals surface area contributed by atoms with Crippen LogP contribution in [0, 0.1) is 11.8 Å². The van der Waals surface area contributed by atoms with Gasteiger partial charge in [0, 0.05) is 5.92 Å². The Morgan fingerprint density at radius 3 is 2.92 bits per heavy atom. The van der Waals surface area contributed by atoms with Crippen LogP contribution in [0.15, 0.2) is 36.5 Å². The second-order valence-corrected chi connectivity index (χ2v) is 3.46. The van der Waals surface area contributed by atoms with Gasteiger partial charge in [-0.1, -0.05) is 29.9 Å². The maximum atomic E-state index is 3.89. The van der Waals surface area contributed by atoms with E-state index in [9.17, 15) is 0 Å². The van der Waals surface area contributed by atoms with Gasteiger partial charge >= 0.3 is 0 Å². The van der Waals surface area contributed by atoms with Crippen molar-refractivity contribution in [3.8, 4) is 0 Å². The molecule has 0 spiro atoms. The quantitative estimate of drug-likeness (QED) is 0.543. The number of rotatable bonds is 2. The number of hydrogen-bond acceptors (Lipinski definition) is 0. The minimum Gasteiger partial charge on any atom is -0.103 e. The van der Waals surface area contributed by atoms with Crippen LogP contribution in [0.3, 0.4) is 0 Å². The molecule has 0 saturated heterocycles. The van der Waals surface area contributed by atoms with Gasteiger partial charge in [-0.3, -0.25) is 0 Å². The summed E-state index contributed by atoms with van der Waals surface area (Å²) < 4.78 is 0. The normalized spacial score (nSPS) is 30.3. The van der Waals surface area contributed by atoms with E-state index in [4.69, 9.17) is 0 Å². The van der Waals surface area contributed by atoms with Crippen molar-refractivity contribution in [1.29, 1.82) is 0 Å². The van der Waals surface area contributed by atoms with Crippen molar-refractivity contribution < 1.29 is 0 Å². The van der Waals surface area contributed by atoms with Crippen molar-refractivity contribution in [1.82, 2.24) is 0 Å². The predicted molar refractivity (Wildman–Crippen MR) is 55.0 cm³/mol. The van der Waals surface area contributed by atoms with Crippen LogP contribution in [0.5, 0.6) is 0 Å². The zero-order valence-corrected chi connectivity index (χ0v) is 8.09. The second-order valence-electron chi connectivity index (χ2n) is 3.46. The zero-order chi connectivity index (χ0) is 8.97. The van der Waals surface area contributed by atoms with E-state index in [-0.39, 0.29) is 0 Å². The van der Waals surface area contributed by atoms with Crippen LogP contribution in [0.25, 0.3) is 0 Å². The maximum Gasteiger partial charge on any atom is 0.00367 e. The minimum atomic E-state index is 0.612. The van der Waals surface area contributed by atoms with Gasteiger partial charge in [0.15, 0.2) is 0 Å². The molecule has 66 valence electrons. The fraction of sp³-hybridized carbons (Fsp3) is 0.500.